The molecule has 1 N–H and O–H groups in total. The number of carbonyl (C=O) groups is 1. The average molecular weight is 446 g/mol. The lowest BCUT2D eigenvalue weighted by molar-refractivity contribution is -0.126. The molecule has 30 heavy (non-hydrogen) atoms. The molecule has 8 heteroatoms. The van der Waals surface area contributed by atoms with Crippen LogP contribution in [0.3, 0.4) is 0 Å². The predicted octanol–water partition coefficient (Wildman–Crippen LogP) is 3.93. The van der Waals surface area contributed by atoms with Gasteiger partial charge in [-0.25, -0.2) is 0 Å². The number of carbonyl (C=O) groups excluding carboxylic acids is 1. The number of rotatable bonds is 5. The number of hydrogen-bond donors (Lipinski definition) is 1. The first kappa shape index (κ1) is 22.1. The SMILES string of the molecule is C=CCN(C1=NS(=O)(=O)c2ccccc21)C(C(=O)NC(C)(C)C)c1ccc(Cl)cc1. The molecule has 0 bridgehead atoms. The maximum absolute atomic E-state index is 13.4. The van der Waals surface area contributed by atoms with Crippen LogP contribution in [-0.4, -0.2) is 37.1 Å². The van der Waals surface area contributed by atoms with Crippen LogP contribution in [0.15, 0.2) is 70.5 Å². The highest BCUT2D eigenvalue weighted by molar-refractivity contribution is 7.90. The quantitative estimate of drug-likeness (QED) is 0.707. The van der Waals surface area contributed by atoms with Crippen LogP contribution in [0.4, 0.5) is 0 Å². The van der Waals surface area contributed by atoms with Crippen LogP contribution >= 0.6 is 11.6 Å². The van der Waals surface area contributed by atoms with E-state index in [0.717, 1.165) is 0 Å². The van der Waals surface area contributed by atoms with Crippen LogP contribution in [0, 0.1) is 0 Å². The highest BCUT2D eigenvalue weighted by atomic mass is 35.5. The van der Waals surface area contributed by atoms with Gasteiger partial charge in [0.25, 0.3) is 10.0 Å². The van der Waals surface area contributed by atoms with Gasteiger partial charge in [-0.1, -0.05) is 41.9 Å². The number of nitrogens with zero attached hydrogens (tertiary/aromatic N) is 2. The summed E-state index contributed by atoms with van der Waals surface area (Å²) in [6.45, 7) is 9.66. The first-order chi connectivity index (χ1) is 14.0. The third-order valence-corrected chi connectivity index (χ3v) is 6.03. The molecule has 1 aliphatic rings. The minimum Gasteiger partial charge on any atom is -0.349 e. The van der Waals surface area contributed by atoms with Gasteiger partial charge in [0, 0.05) is 22.7 Å². The minimum absolute atomic E-state index is 0.125. The second-order valence-corrected chi connectivity index (χ2v) is 10.0. The molecule has 0 aromatic heterocycles. The van der Waals surface area contributed by atoms with Gasteiger partial charge in [-0.2, -0.15) is 8.42 Å². The zero-order valence-electron chi connectivity index (χ0n) is 17.1. The monoisotopic (exact) mass is 445 g/mol. The number of benzene rings is 2. The van der Waals surface area contributed by atoms with Crippen molar-refractivity contribution in [1.29, 1.82) is 0 Å². The normalized spacial score (nSPS) is 15.7. The second-order valence-electron chi connectivity index (χ2n) is 8.02. The summed E-state index contributed by atoms with van der Waals surface area (Å²) in [5.74, 6) is -0.0642. The summed E-state index contributed by atoms with van der Waals surface area (Å²) in [6.07, 6.45) is 1.61. The Kier molecular flexibility index (Phi) is 6.06. The summed E-state index contributed by atoms with van der Waals surface area (Å²) in [5.41, 5.74) is 0.637. The Labute approximate surface area is 182 Å². The molecule has 3 rings (SSSR count). The van der Waals surface area contributed by atoms with E-state index in [1.165, 1.54) is 6.07 Å². The lowest BCUT2D eigenvalue weighted by Crippen LogP contribution is -2.49. The van der Waals surface area contributed by atoms with Crippen LogP contribution in [0.2, 0.25) is 5.02 Å². The topological polar surface area (TPSA) is 78.8 Å². The third-order valence-electron chi connectivity index (χ3n) is 4.45. The van der Waals surface area contributed by atoms with E-state index in [0.29, 0.717) is 16.1 Å². The maximum atomic E-state index is 13.4. The van der Waals surface area contributed by atoms with Crippen LogP contribution in [-0.2, 0) is 14.8 Å². The Bertz CT molecular complexity index is 1100. The number of amides is 1. The first-order valence-electron chi connectivity index (χ1n) is 9.43. The minimum atomic E-state index is -3.84. The molecule has 158 valence electrons. The van der Waals surface area contributed by atoms with Crippen molar-refractivity contribution in [3.05, 3.63) is 77.3 Å². The molecule has 0 fully saturated rings. The second kappa shape index (κ2) is 8.24. The lowest BCUT2D eigenvalue weighted by atomic mass is 10.0. The lowest BCUT2D eigenvalue weighted by Gasteiger charge is -2.34. The highest BCUT2D eigenvalue weighted by Crippen LogP contribution is 2.32. The van der Waals surface area contributed by atoms with Crippen molar-refractivity contribution in [3.8, 4) is 0 Å². The number of sulfonamides is 1. The van der Waals surface area contributed by atoms with Crippen molar-refractivity contribution in [2.24, 2.45) is 4.40 Å². The van der Waals surface area contributed by atoms with Crippen LogP contribution < -0.4 is 5.32 Å². The maximum Gasteiger partial charge on any atom is 0.285 e. The molecular weight excluding hydrogens is 422 g/mol. The molecule has 0 spiro atoms. The molecule has 2 aromatic carbocycles. The van der Waals surface area contributed by atoms with Gasteiger partial charge in [-0.3, -0.25) is 4.79 Å². The van der Waals surface area contributed by atoms with Gasteiger partial charge >= 0.3 is 0 Å². The van der Waals surface area contributed by atoms with Gasteiger partial charge in [-0.15, -0.1) is 11.0 Å². The van der Waals surface area contributed by atoms with Crippen molar-refractivity contribution in [3.63, 3.8) is 0 Å². The molecule has 1 amide bonds. The molecule has 0 saturated carbocycles. The Morgan fingerprint density at radius 3 is 2.43 bits per heavy atom. The van der Waals surface area contributed by atoms with E-state index in [-0.39, 0.29) is 23.2 Å². The molecule has 1 heterocycles. The van der Waals surface area contributed by atoms with Gasteiger partial charge in [0.2, 0.25) is 5.91 Å². The standard InChI is InChI=1S/C22H24ClN3O3S/c1-5-14-26(20-17-8-6-7-9-18(17)30(28,29)25-20)19(21(27)24-22(2,3)4)15-10-12-16(23)13-11-15/h5-13,19H,1,14H2,2-4H3,(H,24,27). The smallest absolute Gasteiger partial charge is 0.285 e. The fraction of sp³-hybridized carbons (Fsp3) is 0.273. The van der Waals surface area contributed by atoms with Gasteiger partial charge in [0.15, 0.2) is 5.84 Å². The Morgan fingerprint density at radius 2 is 1.83 bits per heavy atom. The number of amidine groups is 1. The van der Waals surface area contributed by atoms with Gasteiger partial charge in [0.1, 0.15) is 10.9 Å². The summed E-state index contributed by atoms with van der Waals surface area (Å²) in [4.78, 5) is 15.1. The van der Waals surface area contributed by atoms with Crippen molar-refractivity contribution >= 4 is 33.4 Å². The Morgan fingerprint density at radius 1 is 1.20 bits per heavy atom. The molecule has 0 radical (unpaired) electrons. The van der Waals surface area contributed by atoms with E-state index in [4.69, 9.17) is 11.6 Å². The van der Waals surface area contributed by atoms with Crippen LogP contribution in [0.5, 0.6) is 0 Å². The summed E-state index contributed by atoms with van der Waals surface area (Å²) < 4.78 is 29.2. The first-order valence-corrected chi connectivity index (χ1v) is 11.2. The number of hydrogen-bond acceptors (Lipinski definition) is 4. The fourth-order valence-corrected chi connectivity index (χ4v) is 4.65. The molecule has 1 atom stereocenters. The summed E-state index contributed by atoms with van der Waals surface area (Å²) in [6, 6.07) is 12.7. The predicted molar refractivity (Wildman–Crippen MR) is 119 cm³/mol. The molecular formula is C22H24ClN3O3S. The zero-order valence-corrected chi connectivity index (χ0v) is 18.7. The number of nitrogens with one attached hydrogen (secondary N) is 1. The van der Waals surface area contributed by atoms with E-state index in [1.807, 2.05) is 20.8 Å². The zero-order chi connectivity index (χ0) is 22.1. The van der Waals surface area contributed by atoms with E-state index < -0.39 is 21.6 Å². The Hall–Kier alpha value is -2.64. The van der Waals surface area contributed by atoms with E-state index in [2.05, 4.69) is 16.3 Å². The van der Waals surface area contributed by atoms with E-state index in [1.54, 1.807) is 53.4 Å². The highest BCUT2D eigenvalue weighted by Gasteiger charge is 2.37. The summed E-state index contributed by atoms with van der Waals surface area (Å²) >= 11 is 6.04. The number of halogens is 1. The third kappa shape index (κ3) is 4.57. The molecule has 0 saturated heterocycles. The number of fused-ring (bicyclic) bond motifs is 1. The van der Waals surface area contributed by atoms with E-state index >= 15 is 0 Å². The van der Waals surface area contributed by atoms with Crippen molar-refractivity contribution < 1.29 is 13.2 Å². The molecule has 2 aromatic rings. The van der Waals surface area contributed by atoms with Gasteiger partial charge < -0.3 is 10.2 Å². The molecule has 1 unspecified atom stereocenters. The van der Waals surface area contributed by atoms with Crippen LogP contribution in [0.1, 0.15) is 37.9 Å². The molecule has 6 nitrogen and oxygen atoms in total. The van der Waals surface area contributed by atoms with Gasteiger partial charge in [-0.05, 0) is 50.6 Å². The fourth-order valence-electron chi connectivity index (χ4n) is 3.30. The van der Waals surface area contributed by atoms with E-state index in [9.17, 15) is 13.2 Å². The van der Waals surface area contributed by atoms with Gasteiger partial charge in [0.05, 0.1) is 0 Å². The Balaban J connectivity index is 2.17. The summed E-state index contributed by atoms with van der Waals surface area (Å²) in [7, 11) is -3.84. The van der Waals surface area contributed by atoms with Crippen LogP contribution in [0.25, 0.3) is 0 Å². The molecule has 0 aliphatic carbocycles. The van der Waals surface area contributed by atoms with Crippen molar-refractivity contribution in [2.75, 3.05) is 6.54 Å². The summed E-state index contributed by atoms with van der Waals surface area (Å²) in [5, 5.41) is 3.52. The largest absolute Gasteiger partial charge is 0.349 e. The molecule has 1 aliphatic heterocycles. The van der Waals surface area contributed by atoms with Crippen molar-refractivity contribution in [1.82, 2.24) is 10.2 Å². The van der Waals surface area contributed by atoms with Crippen molar-refractivity contribution in [2.45, 2.75) is 37.2 Å². The average Bonchev–Trinajstić information content (AvgIpc) is 2.93.